The number of benzene rings is 5. The molecule has 15 heteroatoms. The Morgan fingerprint density at radius 3 is 2.19 bits per heavy atom. The van der Waals surface area contributed by atoms with Gasteiger partial charge in [0.2, 0.25) is 5.43 Å². The van der Waals surface area contributed by atoms with Crippen LogP contribution in [0.4, 0.5) is 5.69 Å². The smallest absolute Gasteiger partial charge is 0.308 e. The molecular formula is C44H49NO14. The fraction of sp³-hybridized carbons (Fsp3) is 0.432. The Hall–Kier alpha value is -5.45. The molecule has 1 aliphatic rings. The van der Waals surface area contributed by atoms with E-state index in [1.165, 1.54) is 20.1 Å². The van der Waals surface area contributed by atoms with E-state index in [9.17, 15) is 39.3 Å². The van der Waals surface area contributed by atoms with Crippen molar-refractivity contribution in [1.29, 1.82) is 0 Å². The van der Waals surface area contributed by atoms with Crippen molar-refractivity contribution in [2.24, 2.45) is 0 Å². The first-order valence-electron chi connectivity index (χ1n) is 19.5. The largest absolute Gasteiger partial charge is 0.507 e. The number of nitrogens with one attached hydrogen (secondary N) is 1. The number of hydrogen-bond donors (Lipinski definition) is 4. The normalized spacial score (nSPS) is 13.7. The van der Waals surface area contributed by atoms with Crippen LogP contribution < -0.4 is 20.9 Å². The summed E-state index contributed by atoms with van der Waals surface area (Å²) >= 11 is 0. The van der Waals surface area contributed by atoms with E-state index in [-0.39, 0.29) is 86.0 Å². The van der Waals surface area contributed by atoms with Crippen LogP contribution in [0.25, 0.3) is 49.2 Å². The molecule has 5 aromatic rings. The molecule has 0 aromatic heterocycles. The Morgan fingerprint density at radius 1 is 0.814 bits per heavy atom. The van der Waals surface area contributed by atoms with Gasteiger partial charge in [0, 0.05) is 47.8 Å². The number of allylic oxidation sites excluding steroid dienone is 1. The Balaban J connectivity index is 1.54. The first-order valence-corrected chi connectivity index (χ1v) is 19.5. The van der Waals surface area contributed by atoms with Gasteiger partial charge >= 0.3 is 5.97 Å². The molecule has 0 radical (unpaired) electrons. The van der Waals surface area contributed by atoms with Crippen molar-refractivity contribution in [2.45, 2.75) is 58.7 Å². The number of aromatic hydroxyl groups is 1. The number of aliphatic hydroxyl groups excluding tert-OH is 2. The van der Waals surface area contributed by atoms with Gasteiger partial charge < -0.3 is 49.1 Å². The summed E-state index contributed by atoms with van der Waals surface area (Å²) < 4.78 is 32.0. The second-order valence-corrected chi connectivity index (χ2v) is 14.4. The number of hydrogen-bond acceptors (Lipinski definition) is 15. The fourth-order valence-corrected chi connectivity index (χ4v) is 8.47. The Bertz CT molecular complexity index is 2530. The minimum atomic E-state index is -0.964. The number of methoxy groups -OCH3 is 2. The first-order chi connectivity index (χ1) is 28.6. The lowest BCUT2D eigenvalue weighted by atomic mass is 9.78. The molecule has 314 valence electrons. The summed E-state index contributed by atoms with van der Waals surface area (Å²) in [6, 6.07) is 2.89. The average molecular weight is 816 g/mol. The van der Waals surface area contributed by atoms with E-state index in [2.05, 4.69) is 5.32 Å². The predicted molar refractivity (Wildman–Crippen MR) is 221 cm³/mol. The van der Waals surface area contributed by atoms with E-state index >= 15 is 0 Å². The molecule has 4 N–H and O–H groups in total. The van der Waals surface area contributed by atoms with Crippen molar-refractivity contribution in [3.8, 4) is 11.5 Å². The molecule has 59 heavy (non-hydrogen) atoms. The number of phenols is 1. The third kappa shape index (κ3) is 8.13. The molecule has 1 unspecified atom stereocenters. The number of esters is 1. The van der Waals surface area contributed by atoms with Crippen LogP contribution in [0.3, 0.4) is 0 Å². The molecular weight excluding hydrogens is 766 g/mol. The zero-order chi connectivity index (χ0) is 42.4. The topological polar surface area (TPSA) is 213 Å². The second kappa shape index (κ2) is 19.1. The SMILES string of the molecule is COCCOCCC(=O)OCCOCCCc1c(O)c2c(=O)cc(CO)c3c4c(CO)cc(NCCCOC=O)c5c(=O)c(OC)c6c(c(c1C=C(C)C6C(C)=O)c23)c54. The van der Waals surface area contributed by atoms with E-state index in [4.69, 9.17) is 28.4 Å². The summed E-state index contributed by atoms with van der Waals surface area (Å²) in [5.41, 5.74) is 1.72. The lowest BCUT2D eigenvalue weighted by molar-refractivity contribution is -0.146. The van der Waals surface area contributed by atoms with Gasteiger partial charge in [-0.15, -0.1) is 0 Å². The molecule has 0 fully saturated rings. The maximum absolute atomic E-state index is 14.8. The van der Waals surface area contributed by atoms with E-state index in [0.29, 0.717) is 98.4 Å². The van der Waals surface area contributed by atoms with Crippen LogP contribution >= 0.6 is 0 Å². The summed E-state index contributed by atoms with van der Waals surface area (Å²) in [5, 5.41) is 39.8. The minimum Gasteiger partial charge on any atom is -0.507 e. The molecule has 0 saturated heterocycles. The van der Waals surface area contributed by atoms with Crippen LogP contribution in [0.2, 0.25) is 0 Å². The number of carbonyl (C=O) groups excluding carboxylic acids is 3. The molecule has 0 amide bonds. The van der Waals surface area contributed by atoms with Gasteiger partial charge in [-0.3, -0.25) is 24.0 Å². The predicted octanol–water partition coefficient (Wildman–Crippen LogP) is 4.20. The Kier molecular flexibility index (Phi) is 14.0. The molecule has 5 aromatic carbocycles. The molecule has 0 bridgehead atoms. The monoisotopic (exact) mass is 815 g/mol. The number of carbonyl (C=O) groups is 3. The highest BCUT2D eigenvalue weighted by atomic mass is 16.6. The molecule has 1 aliphatic carbocycles. The zero-order valence-corrected chi connectivity index (χ0v) is 33.6. The maximum Gasteiger partial charge on any atom is 0.308 e. The molecule has 0 spiro atoms. The van der Waals surface area contributed by atoms with Gasteiger partial charge in [0.05, 0.1) is 76.5 Å². The van der Waals surface area contributed by atoms with Crippen molar-refractivity contribution in [3.05, 3.63) is 66.0 Å². The Morgan fingerprint density at radius 2 is 1.51 bits per heavy atom. The molecule has 6 rings (SSSR count). The Labute approximate surface area is 339 Å². The molecule has 1 atom stereocenters. The van der Waals surface area contributed by atoms with Crippen LogP contribution in [0.1, 0.15) is 66.8 Å². The van der Waals surface area contributed by atoms with E-state index in [1.807, 2.05) is 0 Å². The quantitative estimate of drug-likeness (QED) is 0.0239. The third-order valence-corrected chi connectivity index (χ3v) is 10.8. The molecule has 0 heterocycles. The second-order valence-electron chi connectivity index (χ2n) is 14.4. The number of anilines is 1. The summed E-state index contributed by atoms with van der Waals surface area (Å²) in [7, 11) is 2.92. The zero-order valence-electron chi connectivity index (χ0n) is 33.6. The van der Waals surface area contributed by atoms with Crippen molar-refractivity contribution in [3.63, 3.8) is 0 Å². The van der Waals surface area contributed by atoms with Crippen molar-refractivity contribution in [2.75, 3.05) is 72.3 Å². The van der Waals surface area contributed by atoms with Crippen molar-refractivity contribution in [1.82, 2.24) is 0 Å². The highest BCUT2D eigenvalue weighted by molar-refractivity contribution is 6.39. The number of phenolic OH excluding ortho intramolecular Hbond substituents is 1. The summed E-state index contributed by atoms with van der Waals surface area (Å²) in [6.45, 7) is 4.27. The van der Waals surface area contributed by atoms with E-state index < -0.39 is 36.0 Å². The average Bonchev–Trinajstić information content (AvgIpc) is 3.35. The minimum absolute atomic E-state index is 0.00602. The summed E-state index contributed by atoms with van der Waals surface area (Å²) in [5.74, 6) is -1.99. The van der Waals surface area contributed by atoms with E-state index in [1.54, 1.807) is 26.2 Å². The van der Waals surface area contributed by atoms with Crippen LogP contribution in [0, 0.1) is 0 Å². The van der Waals surface area contributed by atoms with Crippen molar-refractivity contribution >= 4 is 73.1 Å². The lowest BCUT2D eigenvalue weighted by Gasteiger charge is -2.26. The number of ether oxygens (including phenoxy) is 6. The van der Waals surface area contributed by atoms with Crippen LogP contribution in [-0.2, 0) is 57.7 Å². The van der Waals surface area contributed by atoms with E-state index in [0.717, 1.165) is 0 Å². The molecule has 0 aliphatic heterocycles. The highest BCUT2D eigenvalue weighted by Crippen LogP contribution is 2.54. The summed E-state index contributed by atoms with van der Waals surface area (Å²) in [6.07, 6.45) is 2.90. The van der Waals surface area contributed by atoms with Gasteiger partial charge in [-0.25, -0.2) is 0 Å². The van der Waals surface area contributed by atoms with Gasteiger partial charge in [0.25, 0.3) is 6.47 Å². The van der Waals surface area contributed by atoms with Gasteiger partial charge in [-0.1, -0.05) is 11.6 Å². The standard InChI is InChI=1S/C44H49NO14/c1-23-17-28-27(7-5-10-56-15-16-59-31(51)8-12-57-14-13-54-3)42(52)37-30(50)19-26(21-47)34-33-25(20-46)18-29(45-9-6-11-58-22-48)36-39(33)40(35(28)38(34)37)41(32(23)24(2)49)44(55-4)43(36)53/h17-19,22,32,45-47,52H,5-16,20-21H2,1-4H3. The number of fused-ring (bicyclic) bond motifs is 1. The molecule has 15 nitrogen and oxygen atoms in total. The number of ketones is 1. The lowest BCUT2D eigenvalue weighted by Crippen LogP contribution is -2.19. The fourth-order valence-electron chi connectivity index (χ4n) is 8.47. The van der Waals surface area contributed by atoms with Gasteiger partial charge in [0.1, 0.15) is 18.1 Å². The van der Waals surface area contributed by atoms with Crippen LogP contribution in [0.15, 0.2) is 27.3 Å². The van der Waals surface area contributed by atoms with Gasteiger partial charge in [0.15, 0.2) is 11.2 Å². The maximum atomic E-state index is 14.8. The number of Topliss-reactive ketones (excluding diaryl/α,β-unsaturated/α-hetero) is 1. The van der Waals surface area contributed by atoms with Crippen LogP contribution in [-0.4, -0.2) is 101 Å². The van der Waals surface area contributed by atoms with Gasteiger partial charge in [-0.05, 0) is 83.5 Å². The number of rotatable bonds is 23. The third-order valence-electron chi connectivity index (χ3n) is 10.8. The van der Waals surface area contributed by atoms with Crippen molar-refractivity contribution < 1.29 is 58.1 Å². The van der Waals surface area contributed by atoms with Crippen LogP contribution in [0.5, 0.6) is 11.5 Å². The molecule has 0 saturated carbocycles. The highest BCUT2D eigenvalue weighted by Gasteiger charge is 2.36. The van der Waals surface area contributed by atoms with Gasteiger partial charge in [-0.2, -0.15) is 0 Å². The number of aliphatic hydroxyl groups is 2. The first kappa shape index (κ1) is 43.1. The summed E-state index contributed by atoms with van der Waals surface area (Å²) in [4.78, 5) is 65.4.